The van der Waals surface area contributed by atoms with Crippen LogP contribution < -0.4 is 11.2 Å². The van der Waals surface area contributed by atoms with Crippen molar-refractivity contribution in [3.8, 4) is 0 Å². The molecule has 19 nitrogen and oxygen atoms in total. The van der Waals surface area contributed by atoms with Gasteiger partial charge in [-0.1, -0.05) is 0 Å². The van der Waals surface area contributed by atoms with Crippen LogP contribution in [0.25, 0.3) is 0 Å². The molecule has 1 aromatic heterocycles. The number of nitrogens with one attached hydrogen (secondary N) is 1. The minimum atomic E-state index is -5.46. The molecule has 0 amide bonds. The Morgan fingerprint density at radius 2 is 1.58 bits per heavy atom. The van der Waals surface area contributed by atoms with Crippen molar-refractivity contribution in [3.63, 3.8) is 0 Å². The Labute approximate surface area is 200 Å². The lowest BCUT2D eigenvalue weighted by atomic mass is 10.0. The van der Waals surface area contributed by atoms with E-state index in [1.807, 2.05) is 4.98 Å². The smallest absolute Gasteiger partial charge is 0.394 e. The molecule has 1 saturated heterocycles. The van der Waals surface area contributed by atoms with E-state index in [0.717, 1.165) is 16.8 Å². The molecule has 2 rings (SSSR count). The second kappa shape index (κ2) is 12.4. The number of ether oxygens (including phenoxy) is 1. The average molecular weight is 568 g/mol. The Balaban J connectivity index is 1.93. The number of rotatable bonds is 13. The Hall–Kier alpha value is -1.38. The van der Waals surface area contributed by atoms with Gasteiger partial charge in [0.15, 0.2) is 6.23 Å². The highest BCUT2D eigenvalue weighted by Crippen LogP contribution is 2.60. The molecular formula is C15H26N2O17P2. The molecule has 0 saturated carbocycles. The first-order valence-electron chi connectivity index (χ1n) is 9.90. The molecular weight excluding hydrogens is 542 g/mol. The van der Waals surface area contributed by atoms with E-state index in [2.05, 4.69) is 13.4 Å². The lowest BCUT2D eigenvalue weighted by Crippen LogP contribution is -2.47. The third-order valence-corrected chi connectivity index (χ3v) is 7.41. The van der Waals surface area contributed by atoms with Crippen LogP contribution in [0.5, 0.6) is 0 Å². The van der Waals surface area contributed by atoms with E-state index in [0.29, 0.717) is 0 Å². The summed E-state index contributed by atoms with van der Waals surface area (Å²) in [5.41, 5.74) is -1.75. The van der Waals surface area contributed by atoms with Crippen molar-refractivity contribution in [2.45, 2.75) is 49.0 Å². The zero-order valence-electron chi connectivity index (χ0n) is 18.0. The van der Waals surface area contributed by atoms with Crippen molar-refractivity contribution in [1.29, 1.82) is 0 Å². The predicted molar refractivity (Wildman–Crippen MR) is 111 cm³/mol. The Kier molecular flexibility index (Phi) is 10.7. The number of phosphoric acid groups is 2. The Bertz CT molecular complexity index is 1080. The number of aliphatic hydroxyl groups excluding tert-OH is 7. The van der Waals surface area contributed by atoms with Gasteiger partial charge in [0.25, 0.3) is 5.56 Å². The fraction of sp³-hybridized carbons (Fsp3) is 0.733. The lowest BCUT2D eigenvalue weighted by Gasteiger charge is -2.26. The van der Waals surface area contributed by atoms with Gasteiger partial charge in [0, 0.05) is 12.3 Å². The van der Waals surface area contributed by atoms with Crippen LogP contribution in [-0.4, -0.2) is 118 Å². The molecule has 36 heavy (non-hydrogen) atoms. The minimum absolute atomic E-state index is 0.719. The van der Waals surface area contributed by atoms with Crippen LogP contribution in [0.1, 0.15) is 6.23 Å². The van der Waals surface area contributed by atoms with E-state index in [9.17, 15) is 59.1 Å². The average Bonchev–Trinajstić information content (AvgIpc) is 3.07. The van der Waals surface area contributed by atoms with Crippen LogP contribution in [0.2, 0.25) is 0 Å². The first-order valence-corrected chi connectivity index (χ1v) is 12.9. The summed E-state index contributed by atoms with van der Waals surface area (Å²) in [6.45, 7) is -3.26. The first-order chi connectivity index (χ1) is 16.6. The molecule has 0 aromatic carbocycles. The van der Waals surface area contributed by atoms with Gasteiger partial charge in [-0.15, -0.1) is 0 Å². The number of nitrogens with zero attached hydrogens (tertiary/aromatic N) is 1. The van der Waals surface area contributed by atoms with Crippen LogP contribution in [0.4, 0.5) is 0 Å². The topological polar surface area (TPSA) is 308 Å². The molecule has 10 atom stereocenters. The third kappa shape index (κ3) is 8.06. The van der Waals surface area contributed by atoms with Crippen molar-refractivity contribution in [2.75, 3.05) is 19.8 Å². The highest BCUT2D eigenvalue weighted by atomic mass is 31.3. The van der Waals surface area contributed by atoms with Crippen LogP contribution in [-0.2, 0) is 27.2 Å². The molecule has 10 N–H and O–H groups in total. The maximum absolute atomic E-state index is 12.0. The fourth-order valence-electron chi connectivity index (χ4n) is 2.90. The van der Waals surface area contributed by atoms with Crippen LogP contribution in [0.3, 0.4) is 0 Å². The maximum Gasteiger partial charge on any atom is 0.481 e. The van der Waals surface area contributed by atoms with Gasteiger partial charge in [0.05, 0.1) is 19.8 Å². The molecule has 0 radical (unpaired) electrons. The molecule has 2 heterocycles. The molecule has 1 fully saturated rings. The lowest BCUT2D eigenvalue weighted by molar-refractivity contribution is -0.122. The van der Waals surface area contributed by atoms with E-state index in [-0.39, 0.29) is 0 Å². The second-order valence-corrected chi connectivity index (χ2v) is 10.5. The second-order valence-electron chi connectivity index (χ2n) is 7.47. The zero-order valence-corrected chi connectivity index (χ0v) is 19.8. The number of phosphoric ester groups is 2. The van der Waals surface area contributed by atoms with E-state index >= 15 is 0 Å². The van der Waals surface area contributed by atoms with Gasteiger partial charge in [0.1, 0.15) is 42.7 Å². The van der Waals surface area contributed by atoms with Crippen molar-refractivity contribution < 1.29 is 72.8 Å². The van der Waals surface area contributed by atoms with Crippen LogP contribution in [0.15, 0.2) is 21.9 Å². The number of hydrogen-bond donors (Lipinski definition) is 10. The summed E-state index contributed by atoms with van der Waals surface area (Å²) < 4.78 is 42.6. The van der Waals surface area contributed by atoms with Crippen molar-refractivity contribution in [1.82, 2.24) is 9.55 Å². The highest BCUT2D eigenvalue weighted by molar-refractivity contribution is 7.61. The van der Waals surface area contributed by atoms with Gasteiger partial charge in [-0.05, 0) is 0 Å². The molecule has 2 unspecified atom stereocenters. The number of H-pyrrole nitrogens is 1. The van der Waals surface area contributed by atoms with E-state index < -0.39 is 95.7 Å². The third-order valence-electron chi connectivity index (χ3n) is 4.80. The first kappa shape index (κ1) is 30.8. The minimum Gasteiger partial charge on any atom is -0.394 e. The van der Waals surface area contributed by atoms with Crippen LogP contribution >= 0.6 is 15.6 Å². The number of aromatic amines is 1. The molecule has 0 spiro atoms. The van der Waals surface area contributed by atoms with Crippen molar-refractivity contribution >= 4 is 15.6 Å². The van der Waals surface area contributed by atoms with Gasteiger partial charge in [-0.25, -0.2) is 13.9 Å². The summed E-state index contributed by atoms with van der Waals surface area (Å²) in [6, 6.07) is 0.924. The summed E-state index contributed by atoms with van der Waals surface area (Å²) in [5, 5.41) is 66.8. The van der Waals surface area contributed by atoms with Crippen LogP contribution in [0, 0.1) is 0 Å². The predicted octanol–water partition coefficient (Wildman–Crippen LogP) is -5.16. The van der Waals surface area contributed by atoms with Gasteiger partial charge in [-0.2, -0.15) is 4.31 Å². The highest BCUT2D eigenvalue weighted by Gasteiger charge is 2.46. The summed E-state index contributed by atoms with van der Waals surface area (Å²) in [7, 11) is -10.9. The van der Waals surface area contributed by atoms with Crippen molar-refractivity contribution in [3.05, 3.63) is 33.1 Å². The fourth-order valence-corrected chi connectivity index (χ4v) is 5.00. The Morgan fingerprint density at radius 3 is 2.17 bits per heavy atom. The molecule has 1 aromatic rings. The maximum atomic E-state index is 12.0. The molecule has 0 aliphatic carbocycles. The largest absolute Gasteiger partial charge is 0.481 e. The zero-order chi connectivity index (χ0) is 27.4. The van der Waals surface area contributed by atoms with Gasteiger partial charge >= 0.3 is 21.3 Å². The molecule has 1 aliphatic rings. The molecule has 0 bridgehead atoms. The summed E-state index contributed by atoms with van der Waals surface area (Å²) in [5.74, 6) is 0. The quantitative estimate of drug-likeness (QED) is 0.0994. The molecule has 1 aliphatic heterocycles. The van der Waals surface area contributed by atoms with E-state index in [1.165, 1.54) is 0 Å². The summed E-state index contributed by atoms with van der Waals surface area (Å²) >= 11 is 0. The summed E-state index contributed by atoms with van der Waals surface area (Å²) in [4.78, 5) is 44.1. The van der Waals surface area contributed by atoms with E-state index in [4.69, 9.17) is 9.84 Å². The normalized spacial score (nSPS) is 29.1. The molecule has 208 valence electrons. The van der Waals surface area contributed by atoms with Gasteiger partial charge in [0.2, 0.25) is 0 Å². The summed E-state index contributed by atoms with van der Waals surface area (Å²) in [6.07, 6.45) is -13.9. The van der Waals surface area contributed by atoms with Gasteiger partial charge < -0.3 is 50.3 Å². The SMILES string of the molecule is O=c1ccn([C@@H]2O[C@H](COP(=O)(O)OP(=O)(O)OC[C@H](O)[C@@H](O)[C@@H](O)[C@H](O)CO)[C@@H](O)[C@H]2O)c(=O)[nH]1. The number of aliphatic hydroxyl groups is 7. The monoisotopic (exact) mass is 568 g/mol. The number of hydrogen-bond acceptors (Lipinski definition) is 15. The Morgan fingerprint density at radius 1 is 1.00 bits per heavy atom. The standard InChI is InChI=1S/C15H26N2O17P2/c18-3-6(19)10(22)11(23)7(20)4-31-35(27,28)34-36(29,30)32-5-8-12(24)13(25)14(33-8)17-2-1-9(21)16-15(17)26/h1-2,6-8,10-14,18-20,22-25H,3-5H2,(H,27,28)(H,29,30)(H,16,21,26)/t6-,7+,8-,10+,11-,12-,13-,14-/m1/s1. The van der Waals surface area contributed by atoms with Crippen molar-refractivity contribution in [2.24, 2.45) is 0 Å². The molecule has 21 heteroatoms. The van der Waals surface area contributed by atoms with E-state index in [1.54, 1.807) is 0 Å². The number of aromatic nitrogens is 2. The van der Waals surface area contributed by atoms with Gasteiger partial charge in [-0.3, -0.25) is 23.4 Å².